The van der Waals surface area contributed by atoms with Crippen LogP contribution in [0.25, 0.3) is 0 Å². The topological polar surface area (TPSA) is 9.23 Å². The Morgan fingerprint density at radius 3 is 2.50 bits per heavy atom. The first-order valence-corrected chi connectivity index (χ1v) is 7.31. The van der Waals surface area contributed by atoms with Crippen LogP contribution in [0, 0.1) is 0 Å². The molecule has 0 aliphatic carbocycles. The fraction of sp³-hybridized carbons (Fsp3) is 0.167. The van der Waals surface area contributed by atoms with E-state index in [4.69, 9.17) is 4.74 Å². The van der Waals surface area contributed by atoms with Crippen LogP contribution in [0.4, 0.5) is 0 Å². The van der Waals surface area contributed by atoms with E-state index in [0.29, 0.717) is 0 Å². The van der Waals surface area contributed by atoms with Crippen LogP contribution in [-0.2, 0) is 0 Å². The lowest BCUT2D eigenvalue weighted by Crippen LogP contribution is -1.88. The first-order valence-electron chi connectivity index (χ1n) is 4.72. The summed E-state index contributed by atoms with van der Waals surface area (Å²) in [4.78, 5) is 1.48. The van der Waals surface area contributed by atoms with Crippen molar-refractivity contribution in [3.05, 3.63) is 50.6 Å². The van der Waals surface area contributed by atoms with E-state index in [0.717, 1.165) is 10.2 Å². The number of rotatable bonds is 3. The molecule has 1 nitrogen and oxygen atoms in total. The van der Waals surface area contributed by atoms with Crippen molar-refractivity contribution in [1.82, 2.24) is 0 Å². The summed E-state index contributed by atoms with van der Waals surface area (Å²) in [5.74, 6) is 0.918. The maximum atomic E-state index is 5.18. The normalized spacial score (nSPS) is 12.4. The average molecular weight is 362 g/mol. The molecular weight excluding hydrogens is 352 g/mol. The van der Waals surface area contributed by atoms with Crippen molar-refractivity contribution in [3.8, 4) is 5.75 Å². The van der Waals surface area contributed by atoms with Gasteiger partial charge in [-0.15, -0.1) is 11.3 Å². The highest BCUT2D eigenvalue weighted by Crippen LogP contribution is 2.37. The molecule has 0 aliphatic heterocycles. The predicted molar refractivity (Wildman–Crippen MR) is 75.8 cm³/mol. The molecule has 1 atom stereocenters. The minimum Gasteiger partial charge on any atom is -0.496 e. The third-order valence-electron chi connectivity index (χ3n) is 2.24. The number of hydrogen-bond donors (Lipinski definition) is 0. The van der Waals surface area contributed by atoms with Crippen LogP contribution in [0.15, 0.2) is 40.2 Å². The summed E-state index contributed by atoms with van der Waals surface area (Å²) in [7, 11) is 1.69. The van der Waals surface area contributed by atoms with Gasteiger partial charge in [-0.25, -0.2) is 0 Å². The monoisotopic (exact) mass is 360 g/mol. The molecule has 2 aromatic rings. The molecule has 16 heavy (non-hydrogen) atoms. The standard InChI is InChI=1S/C12H10Br2OS/c1-15-10-6-11(16-7-10)12(14)8-2-4-9(13)5-3-8/h2-7,12H,1H3. The summed E-state index contributed by atoms with van der Waals surface area (Å²) in [6.07, 6.45) is 0. The third-order valence-corrected chi connectivity index (χ3v) is 5.07. The Bertz CT molecular complexity index is 464. The Balaban J connectivity index is 2.24. The molecule has 0 saturated heterocycles. The largest absolute Gasteiger partial charge is 0.496 e. The van der Waals surface area contributed by atoms with Crippen LogP contribution in [0.3, 0.4) is 0 Å². The first kappa shape index (κ1) is 12.1. The second kappa shape index (κ2) is 5.34. The van der Waals surface area contributed by atoms with Crippen molar-refractivity contribution in [1.29, 1.82) is 0 Å². The molecule has 2 rings (SSSR count). The van der Waals surface area contributed by atoms with E-state index >= 15 is 0 Å². The average Bonchev–Trinajstić information content (AvgIpc) is 2.77. The first-order chi connectivity index (χ1) is 7.70. The van der Waals surface area contributed by atoms with Crippen LogP contribution in [0.1, 0.15) is 15.3 Å². The number of benzene rings is 1. The molecule has 1 aromatic heterocycles. The minimum absolute atomic E-state index is 0.231. The summed E-state index contributed by atoms with van der Waals surface area (Å²) < 4.78 is 6.28. The van der Waals surface area contributed by atoms with Gasteiger partial charge in [0.2, 0.25) is 0 Å². The van der Waals surface area contributed by atoms with Gasteiger partial charge >= 0.3 is 0 Å². The van der Waals surface area contributed by atoms with Crippen LogP contribution < -0.4 is 4.74 Å². The quantitative estimate of drug-likeness (QED) is 0.698. The maximum Gasteiger partial charge on any atom is 0.129 e. The summed E-state index contributed by atoms with van der Waals surface area (Å²) >= 11 is 8.83. The molecule has 0 amide bonds. The van der Waals surface area contributed by atoms with Crippen LogP contribution >= 0.6 is 43.2 Å². The van der Waals surface area contributed by atoms with Crippen LogP contribution in [0.2, 0.25) is 0 Å². The van der Waals surface area contributed by atoms with Gasteiger partial charge < -0.3 is 4.74 Å². The molecule has 4 heteroatoms. The third kappa shape index (κ3) is 2.67. The zero-order valence-electron chi connectivity index (χ0n) is 8.61. The highest BCUT2D eigenvalue weighted by molar-refractivity contribution is 9.10. The van der Waals surface area contributed by atoms with Crippen molar-refractivity contribution < 1.29 is 4.74 Å². The highest BCUT2D eigenvalue weighted by atomic mass is 79.9. The van der Waals surface area contributed by atoms with E-state index < -0.39 is 0 Å². The SMILES string of the molecule is COc1csc(C(Br)c2ccc(Br)cc2)c1. The zero-order chi connectivity index (χ0) is 11.5. The number of methoxy groups -OCH3 is 1. The van der Waals surface area contributed by atoms with E-state index in [1.54, 1.807) is 18.4 Å². The Kier molecular flexibility index (Phi) is 4.05. The molecule has 84 valence electrons. The predicted octanol–water partition coefficient (Wildman–Crippen LogP) is 5.00. The Morgan fingerprint density at radius 1 is 1.25 bits per heavy atom. The van der Waals surface area contributed by atoms with Gasteiger partial charge in [0.1, 0.15) is 5.75 Å². The van der Waals surface area contributed by atoms with Gasteiger partial charge in [-0.1, -0.05) is 44.0 Å². The number of hydrogen-bond acceptors (Lipinski definition) is 2. The molecule has 0 N–H and O–H groups in total. The molecule has 0 bridgehead atoms. The number of thiophene rings is 1. The summed E-state index contributed by atoms with van der Waals surface area (Å²) in [6, 6.07) is 10.4. The minimum atomic E-state index is 0.231. The second-order valence-corrected chi connectivity index (χ2v) is 6.08. The van der Waals surface area contributed by atoms with Gasteiger partial charge in [-0.3, -0.25) is 0 Å². The molecule has 0 spiro atoms. The van der Waals surface area contributed by atoms with E-state index in [1.807, 2.05) is 5.38 Å². The molecule has 0 saturated carbocycles. The van der Waals surface area contributed by atoms with E-state index in [9.17, 15) is 0 Å². The summed E-state index contributed by atoms with van der Waals surface area (Å²) in [6.45, 7) is 0. The van der Waals surface area contributed by atoms with Gasteiger partial charge in [0, 0.05) is 14.7 Å². The van der Waals surface area contributed by atoms with Crippen molar-refractivity contribution in [2.75, 3.05) is 7.11 Å². The summed E-state index contributed by atoms with van der Waals surface area (Å²) in [5, 5.41) is 2.02. The highest BCUT2D eigenvalue weighted by Gasteiger charge is 2.12. The molecule has 1 aromatic carbocycles. The lowest BCUT2D eigenvalue weighted by Gasteiger charge is -2.07. The van der Waals surface area contributed by atoms with Gasteiger partial charge in [-0.05, 0) is 23.8 Å². The van der Waals surface area contributed by atoms with E-state index in [2.05, 4.69) is 62.2 Å². The van der Waals surface area contributed by atoms with Gasteiger partial charge in [0.05, 0.1) is 11.9 Å². The van der Waals surface area contributed by atoms with Crippen molar-refractivity contribution in [3.63, 3.8) is 0 Å². The van der Waals surface area contributed by atoms with Gasteiger partial charge in [0.25, 0.3) is 0 Å². The fourth-order valence-electron chi connectivity index (χ4n) is 1.37. The second-order valence-electron chi connectivity index (χ2n) is 3.30. The van der Waals surface area contributed by atoms with Crippen LogP contribution in [-0.4, -0.2) is 7.11 Å². The summed E-state index contributed by atoms with van der Waals surface area (Å²) in [5.41, 5.74) is 1.24. The Labute approximate surface area is 116 Å². The molecule has 0 radical (unpaired) electrons. The fourth-order valence-corrected chi connectivity index (χ4v) is 3.25. The van der Waals surface area contributed by atoms with E-state index in [1.165, 1.54) is 10.4 Å². The zero-order valence-corrected chi connectivity index (χ0v) is 12.6. The van der Waals surface area contributed by atoms with Gasteiger partial charge in [-0.2, -0.15) is 0 Å². The number of alkyl halides is 1. The molecule has 0 aliphatic rings. The Hall–Kier alpha value is -0.320. The molecule has 0 fully saturated rings. The maximum absolute atomic E-state index is 5.18. The van der Waals surface area contributed by atoms with Crippen molar-refractivity contribution in [2.45, 2.75) is 4.83 Å². The number of halogens is 2. The lowest BCUT2D eigenvalue weighted by molar-refractivity contribution is 0.416. The molecule has 1 heterocycles. The Morgan fingerprint density at radius 2 is 1.94 bits per heavy atom. The smallest absolute Gasteiger partial charge is 0.129 e. The number of ether oxygens (including phenoxy) is 1. The van der Waals surface area contributed by atoms with Gasteiger partial charge in [0.15, 0.2) is 0 Å². The lowest BCUT2D eigenvalue weighted by atomic mass is 10.1. The van der Waals surface area contributed by atoms with Crippen LogP contribution in [0.5, 0.6) is 5.75 Å². The molecular formula is C12H10Br2OS. The molecule has 1 unspecified atom stereocenters. The van der Waals surface area contributed by atoms with E-state index in [-0.39, 0.29) is 4.83 Å². The van der Waals surface area contributed by atoms with Crippen molar-refractivity contribution in [2.24, 2.45) is 0 Å². The van der Waals surface area contributed by atoms with Crippen molar-refractivity contribution >= 4 is 43.2 Å².